The van der Waals surface area contributed by atoms with Crippen LogP contribution in [0.1, 0.15) is 16.7 Å². The topological polar surface area (TPSA) is 61.2 Å². The van der Waals surface area contributed by atoms with Gasteiger partial charge in [-0.15, -0.1) is 0 Å². The van der Waals surface area contributed by atoms with Crippen molar-refractivity contribution in [3.63, 3.8) is 0 Å². The van der Waals surface area contributed by atoms with Crippen molar-refractivity contribution < 1.29 is 8.42 Å². The molecule has 0 heterocycles. The van der Waals surface area contributed by atoms with Crippen LogP contribution in [0.2, 0.25) is 0 Å². The van der Waals surface area contributed by atoms with Crippen molar-refractivity contribution in [1.29, 1.82) is 5.26 Å². The van der Waals surface area contributed by atoms with Crippen LogP contribution in [0.3, 0.4) is 0 Å². The van der Waals surface area contributed by atoms with Crippen molar-refractivity contribution in [1.82, 2.24) is 4.31 Å². The monoisotopic (exact) mass is 314 g/mol. The third-order valence-corrected chi connectivity index (χ3v) is 5.53. The van der Waals surface area contributed by atoms with Gasteiger partial charge in [0.25, 0.3) is 0 Å². The average molecular weight is 314 g/mol. The molecule has 0 amide bonds. The Hall–Kier alpha value is -2.16. The molecular formula is C17H18N2O2S. The molecule has 0 radical (unpaired) electrons. The van der Waals surface area contributed by atoms with Gasteiger partial charge in [-0.05, 0) is 54.8 Å². The zero-order chi connectivity index (χ0) is 16.5. The van der Waals surface area contributed by atoms with Gasteiger partial charge >= 0.3 is 0 Å². The van der Waals surface area contributed by atoms with Crippen LogP contribution in [0, 0.1) is 25.2 Å². The molecule has 114 valence electrons. The molecule has 0 saturated carbocycles. The van der Waals surface area contributed by atoms with Crippen LogP contribution >= 0.6 is 0 Å². The van der Waals surface area contributed by atoms with Crippen LogP contribution in [0.4, 0.5) is 0 Å². The third-order valence-electron chi connectivity index (χ3n) is 3.68. The molecular weight excluding hydrogens is 296 g/mol. The molecule has 0 aliphatic rings. The second-order valence-corrected chi connectivity index (χ2v) is 7.53. The molecule has 0 aliphatic carbocycles. The molecule has 0 spiro atoms. The highest BCUT2D eigenvalue weighted by Gasteiger charge is 2.22. The SMILES string of the molecule is Cc1cc(-c2ccc(C#N)cc2)c(S(=O)(=O)N(C)C)cc1C. The first kappa shape index (κ1) is 16.2. The van der Waals surface area contributed by atoms with Crippen LogP contribution in [-0.4, -0.2) is 26.8 Å². The molecule has 0 aromatic heterocycles. The van der Waals surface area contributed by atoms with E-state index in [0.29, 0.717) is 11.1 Å². The predicted octanol–water partition coefficient (Wildman–Crippen LogP) is 3.09. The van der Waals surface area contributed by atoms with Gasteiger partial charge in [0.2, 0.25) is 10.0 Å². The van der Waals surface area contributed by atoms with Crippen molar-refractivity contribution in [2.45, 2.75) is 18.7 Å². The molecule has 0 unspecified atom stereocenters. The minimum absolute atomic E-state index is 0.283. The summed E-state index contributed by atoms with van der Waals surface area (Å²) in [7, 11) is -0.500. The van der Waals surface area contributed by atoms with Crippen molar-refractivity contribution >= 4 is 10.0 Å². The third kappa shape index (κ3) is 2.89. The fourth-order valence-corrected chi connectivity index (χ4v) is 3.32. The van der Waals surface area contributed by atoms with Crippen molar-refractivity contribution in [2.75, 3.05) is 14.1 Å². The molecule has 22 heavy (non-hydrogen) atoms. The largest absolute Gasteiger partial charge is 0.243 e. The van der Waals surface area contributed by atoms with Gasteiger partial charge in [0.15, 0.2) is 0 Å². The summed E-state index contributed by atoms with van der Waals surface area (Å²) < 4.78 is 26.4. The lowest BCUT2D eigenvalue weighted by atomic mass is 9.99. The van der Waals surface area contributed by atoms with Crippen molar-refractivity contribution in [3.8, 4) is 17.2 Å². The van der Waals surface area contributed by atoms with Crippen LogP contribution in [-0.2, 0) is 10.0 Å². The molecule has 0 saturated heterocycles. The molecule has 2 aromatic rings. The van der Waals surface area contributed by atoms with E-state index in [2.05, 4.69) is 6.07 Å². The predicted molar refractivity (Wildman–Crippen MR) is 86.9 cm³/mol. The van der Waals surface area contributed by atoms with Gasteiger partial charge in [-0.2, -0.15) is 5.26 Å². The number of sulfonamides is 1. The quantitative estimate of drug-likeness (QED) is 0.874. The Kier molecular flexibility index (Phi) is 4.36. The number of rotatable bonds is 3. The highest BCUT2D eigenvalue weighted by molar-refractivity contribution is 7.89. The van der Waals surface area contributed by atoms with E-state index in [1.54, 1.807) is 30.3 Å². The highest BCUT2D eigenvalue weighted by atomic mass is 32.2. The second kappa shape index (κ2) is 5.91. The van der Waals surface area contributed by atoms with E-state index in [9.17, 15) is 8.42 Å². The van der Waals surface area contributed by atoms with Gasteiger partial charge in [0.05, 0.1) is 16.5 Å². The van der Waals surface area contributed by atoms with Gasteiger partial charge in [-0.25, -0.2) is 12.7 Å². The lowest BCUT2D eigenvalue weighted by Gasteiger charge is -2.17. The second-order valence-electron chi connectivity index (χ2n) is 5.41. The van der Waals surface area contributed by atoms with Crippen LogP contribution < -0.4 is 0 Å². The van der Waals surface area contributed by atoms with E-state index in [-0.39, 0.29) is 4.90 Å². The summed E-state index contributed by atoms with van der Waals surface area (Å²) in [5.74, 6) is 0. The summed E-state index contributed by atoms with van der Waals surface area (Å²) in [5.41, 5.74) is 3.93. The van der Waals surface area contributed by atoms with E-state index >= 15 is 0 Å². The Balaban J connectivity index is 2.74. The average Bonchev–Trinajstić information content (AvgIpc) is 2.49. The Morgan fingerprint density at radius 2 is 1.55 bits per heavy atom. The van der Waals surface area contributed by atoms with E-state index in [0.717, 1.165) is 16.7 Å². The highest BCUT2D eigenvalue weighted by Crippen LogP contribution is 2.31. The first-order valence-corrected chi connectivity index (χ1v) is 8.25. The minimum atomic E-state index is -3.54. The van der Waals surface area contributed by atoms with E-state index in [1.807, 2.05) is 19.9 Å². The number of nitriles is 1. The fourth-order valence-electron chi connectivity index (χ4n) is 2.15. The van der Waals surface area contributed by atoms with E-state index in [4.69, 9.17) is 5.26 Å². The summed E-state index contributed by atoms with van der Waals surface area (Å²) >= 11 is 0. The van der Waals surface area contributed by atoms with E-state index in [1.165, 1.54) is 18.4 Å². The van der Waals surface area contributed by atoms with Crippen LogP contribution in [0.25, 0.3) is 11.1 Å². The Morgan fingerprint density at radius 3 is 2.05 bits per heavy atom. The maximum absolute atomic E-state index is 12.6. The fraction of sp³-hybridized carbons (Fsp3) is 0.235. The Morgan fingerprint density at radius 1 is 1.00 bits per heavy atom. The standard InChI is InChI=1S/C17H18N2O2S/c1-12-9-16(15-7-5-14(11-18)6-8-15)17(10-13(12)2)22(20,21)19(3)4/h5-10H,1-4H3. The smallest absolute Gasteiger partial charge is 0.207 e. The summed E-state index contributed by atoms with van der Waals surface area (Å²) in [6.07, 6.45) is 0. The van der Waals surface area contributed by atoms with E-state index < -0.39 is 10.0 Å². The normalized spacial score (nSPS) is 11.5. The molecule has 0 aliphatic heterocycles. The molecule has 4 nitrogen and oxygen atoms in total. The molecule has 0 N–H and O–H groups in total. The number of hydrogen-bond acceptors (Lipinski definition) is 3. The number of hydrogen-bond donors (Lipinski definition) is 0. The summed E-state index contributed by atoms with van der Waals surface area (Å²) in [6.45, 7) is 3.85. The summed E-state index contributed by atoms with van der Waals surface area (Å²) in [6, 6.07) is 12.6. The van der Waals surface area contributed by atoms with Gasteiger partial charge < -0.3 is 0 Å². The van der Waals surface area contributed by atoms with Gasteiger partial charge in [0, 0.05) is 19.7 Å². The lowest BCUT2D eigenvalue weighted by molar-refractivity contribution is 0.521. The molecule has 5 heteroatoms. The molecule has 0 atom stereocenters. The lowest BCUT2D eigenvalue weighted by Crippen LogP contribution is -2.23. The number of aryl methyl sites for hydroxylation is 2. The Labute approximate surface area is 131 Å². The van der Waals surface area contributed by atoms with Gasteiger partial charge in [-0.3, -0.25) is 0 Å². The maximum Gasteiger partial charge on any atom is 0.243 e. The zero-order valence-corrected chi connectivity index (χ0v) is 13.9. The van der Waals surface area contributed by atoms with Crippen LogP contribution in [0.5, 0.6) is 0 Å². The zero-order valence-electron chi connectivity index (χ0n) is 13.1. The number of benzene rings is 2. The van der Waals surface area contributed by atoms with Crippen LogP contribution in [0.15, 0.2) is 41.3 Å². The Bertz CT molecular complexity index is 845. The maximum atomic E-state index is 12.6. The molecule has 0 bridgehead atoms. The number of nitrogens with zero attached hydrogens (tertiary/aromatic N) is 2. The van der Waals surface area contributed by atoms with Crippen molar-refractivity contribution in [3.05, 3.63) is 53.1 Å². The summed E-state index contributed by atoms with van der Waals surface area (Å²) in [4.78, 5) is 0.283. The van der Waals surface area contributed by atoms with Gasteiger partial charge in [0.1, 0.15) is 0 Å². The van der Waals surface area contributed by atoms with Crippen molar-refractivity contribution in [2.24, 2.45) is 0 Å². The minimum Gasteiger partial charge on any atom is -0.207 e. The first-order chi connectivity index (χ1) is 10.3. The first-order valence-electron chi connectivity index (χ1n) is 6.81. The summed E-state index contributed by atoms with van der Waals surface area (Å²) in [5, 5.41) is 8.88. The molecule has 2 aromatic carbocycles. The van der Waals surface area contributed by atoms with Gasteiger partial charge in [-0.1, -0.05) is 12.1 Å². The molecule has 2 rings (SSSR count). The molecule has 0 fully saturated rings.